The number of furan rings is 1. The van der Waals surface area contributed by atoms with E-state index in [1.54, 1.807) is 76.4 Å². The number of methoxy groups -OCH3 is 1. The predicted molar refractivity (Wildman–Crippen MR) is 152 cm³/mol. The Morgan fingerprint density at radius 3 is 2.10 bits per heavy atom. The second-order valence-corrected chi connectivity index (χ2v) is 11.8. The van der Waals surface area contributed by atoms with Crippen LogP contribution in [-0.2, 0) is 14.8 Å². The van der Waals surface area contributed by atoms with Crippen LogP contribution in [0.5, 0.6) is 5.75 Å². The van der Waals surface area contributed by atoms with Crippen LogP contribution in [0.1, 0.15) is 30.0 Å². The Balaban J connectivity index is 1.49. The summed E-state index contributed by atoms with van der Waals surface area (Å²) in [7, 11) is -2.46. The summed E-state index contributed by atoms with van der Waals surface area (Å²) in [4.78, 5) is 24.3. The number of aliphatic carboxylic acids is 1. The fourth-order valence-corrected chi connectivity index (χ4v) is 5.99. The van der Waals surface area contributed by atoms with Gasteiger partial charge in [-0.25, -0.2) is 8.42 Å². The Bertz CT molecular complexity index is 1640. The maximum absolute atomic E-state index is 13.0. The van der Waals surface area contributed by atoms with Gasteiger partial charge in [0, 0.05) is 11.3 Å². The third-order valence-electron chi connectivity index (χ3n) is 6.26. The molecule has 1 amide bonds. The number of halogens is 1. The minimum Gasteiger partial charge on any atom is -0.495 e. The lowest BCUT2D eigenvalue weighted by Crippen LogP contribution is -2.44. The first kappa shape index (κ1) is 28.3. The number of sulfonamides is 1. The van der Waals surface area contributed by atoms with E-state index in [2.05, 4.69) is 26.0 Å². The van der Waals surface area contributed by atoms with Crippen molar-refractivity contribution in [2.24, 2.45) is 5.92 Å². The van der Waals surface area contributed by atoms with Gasteiger partial charge >= 0.3 is 5.97 Å². The highest BCUT2D eigenvalue weighted by molar-refractivity contribution is 9.10. The zero-order valence-electron chi connectivity index (χ0n) is 21.6. The number of nitrogens with one attached hydrogen (secondary N) is 2. The predicted octanol–water partition coefficient (Wildman–Crippen LogP) is 5.82. The van der Waals surface area contributed by atoms with E-state index in [1.807, 2.05) is 0 Å². The molecule has 11 heteroatoms. The molecule has 0 saturated heterocycles. The monoisotopic (exact) mass is 614 g/mol. The molecule has 1 unspecified atom stereocenters. The first-order valence-electron chi connectivity index (χ1n) is 12.0. The van der Waals surface area contributed by atoms with E-state index in [1.165, 1.54) is 12.1 Å². The molecule has 3 aromatic carbocycles. The number of fused-ring (bicyclic) bond motifs is 1. The number of rotatable bonds is 9. The minimum absolute atomic E-state index is 0.0353. The Morgan fingerprint density at radius 2 is 1.56 bits per heavy atom. The highest BCUT2D eigenvalue weighted by Crippen LogP contribution is 2.38. The standard InChI is InChI=1S/C28H27BrN2O7S/c1-15(2)24(28(33)34)31-39(35,36)20-11-7-18(8-12-20)17-5-9-19(10-6-17)30-27(32)25-16(3)23-22(38-25)14-13-21(29)26(23)37-4/h5-15,24,31H,1-4H3,(H,30,32)(H,33,34). The van der Waals surface area contributed by atoms with Crippen LogP contribution in [0.2, 0.25) is 0 Å². The largest absolute Gasteiger partial charge is 0.495 e. The molecule has 0 radical (unpaired) electrons. The molecule has 1 atom stereocenters. The molecule has 204 valence electrons. The van der Waals surface area contributed by atoms with Crippen molar-refractivity contribution in [1.82, 2.24) is 4.72 Å². The molecule has 39 heavy (non-hydrogen) atoms. The van der Waals surface area contributed by atoms with E-state index in [9.17, 15) is 23.1 Å². The molecule has 0 spiro atoms. The SMILES string of the molecule is COc1c(Br)ccc2oc(C(=O)Nc3ccc(-c4ccc(S(=O)(=O)NC(C(=O)O)C(C)C)cc4)cc3)c(C)c12. The number of carbonyl (C=O) groups excluding carboxylic acids is 1. The number of carboxylic acids is 1. The number of anilines is 1. The van der Waals surface area contributed by atoms with Gasteiger partial charge in [-0.05, 0) is 76.3 Å². The molecule has 0 aliphatic heterocycles. The van der Waals surface area contributed by atoms with E-state index in [0.29, 0.717) is 22.6 Å². The Kier molecular flexibility index (Phi) is 8.15. The smallest absolute Gasteiger partial charge is 0.322 e. The summed E-state index contributed by atoms with van der Waals surface area (Å²) in [5, 5.41) is 12.9. The van der Waals surface area contributed by atoms with Crippen LogP contribution < -0.4 is 14.8 Å². The van der Waals surface area contributed by atoms with Gasteiger partial charge in [-0.3, -0.25) is 9.59 Å². The van der Waals surface area contributed by atoms with Crippen LogP contribution >= 0.6 is 15.9 Å². The molecule has 0 saturated carbocycles. The number of carbonyl (C=O) groups is 2. The molecule has 0 aliphatic carbocycles. The van der Waals surface area contributed by atoms with E-state index in [-0.39, 0.29) is 10.7 Å². The highest BCUT2D eigenvalue weighted by atomic mass is 79.9. The van der Waals surface area contributed by atoms with E-state index in [4.69, 9.17) is 9.15 Å². The Morgan fingerprint density at radius 1 is 0.974 bits per heavy atom. The summed E-state index contributed by atoms with van der Waals surface area (Å²) in [6.07, 6.45) is 0. The van der Waals surface area contributed by atoms with Gasteiger partial charge in [0.15, 0.2) is 5.76 Å². The van der Waals surface area contributed by atoms with Crippen LogP contribution in [0, 0.1) is 12.8 Å². The molecule has 1 heterocycles. The van der Waals surface area contributed by atoms with E-state index in [0.717, 1.165) is 21.0 Å². The van der Waals surface area contributed by atoms with Gasteiger partial charge < -0.3 is 19.6 Å². The first-order chi connectivity index (χ1) is 18.4. The number of hydrogen-bond donors (Lipinski definition) is 3. The molecule has 9 nitrogen and oxygen atoms in total. The third-order valence-corrected chi connectivity index (χ3v) is 8.35. The van der Waals surface area contributed by atoms with Crippen LogP contribution in [0.15, 0.2) is 74.4 Å². The van der Waals surface area contributed by atoms with Gasteiger partial charge in [0.2, 0.25) is 10.0 Å². The second-order valence-electron chi connectivity index (χ2n) is 9.25. The average molecular weight is 616 g/mol. The fraction of sp³-hybridized carbons (Fsp3) is 0.214. The number of amides is 1. The number of ether oxygens (including phenoxy) is 1. The van der Waals surface area contributed by atoms with Gasteiger partial charge in [-0.15, -0.1) is 0 Å². The zero-order chi connectivity index (χ0) is 28.5. The molecule has 1 aromatic heterocycles. The molecule has 4 aromatic rings. The maximum Gasteiger partial charge on any atom is 0.322 e. The van der Waals surface area contributed by atoms with Crippen LogP contribution in [0.25, 0.3) is 22.1 Å². The topological polar surface area (TPSA) is 135 Å². The summed E-state index contributed by atoms with van der Waals surface area (Å²) in [6.45, 7) is 5.05. The summed E-state index contributed by atoms with van der Waals surface area (Å²) < 4.78 is 39.6. The van der Waals surface area contributed by atoms with E-state index >= 15 is 0 Å². The zero-order valence-corrected chi connectivity index (χ0v) is 24.0. The molecule has 0 bridgehead atoms. The maximum atomic E-state index is 13.0. The lowest BCUT2D eigenvalue weighted by molar-refractivity contribution is -0.140. The van der Waals surface area contributed by atoms with Crippen molar-refractivity contribution in [3.05, 3.63) is 76.5 Å². The first-order valence-corrected chi connectivity index (χ1v) is 14.2. The quantitative estimate of drug-likeness (QED) is 0.216. The minimum atomic E-state index is -4.01. The highest BCUT2D eigenvalue weighted by Gasteiger charge is 2.28. The van der Waals surface area contributed by atoms with Gasteiger partial charge in [0.05, 0.1) is 21.9 Å². The molecule has 4 rings (SSSR count). The van der Waals surface area contributed by atoms with Gasteiger partial charge in [0.25, 0.3) is 5.91 Å². The number of benzene rings is 3. The van der Waals surface area contributed by atoms with Crippen LogP contribution in [-0.4, -0.2) is 38.6 Å². The summed E-state index contributed by atoms with van der Waals surface area (Å²) in [5.74, 6) is -1.29. The van der Waals surface area contributed by atoms with Gasteiger partial charge in [0.1, 0.15) is 17.4 Å². The van der Waals surface area contributed by atoms with Crippen molar-refractivity contribution in [2.45, 2.75) is 31.7 Å². The van der Waals surface area contributed by atoms with Crippen molar-refractivity contribution in [3.63, 3.8) is 0 Å². The van der Waals surface area contributed by atoms with Crippen molar-refractivity contribution in [2.75, 3.05) is 12.4 Å². The average Bonchev–Trinajstić information content (AvgIpc) is 3.24. The van der Waals surface area contributed by atoms with Crippen molar-refractivity contribution < 1.29 is 32.3 Å². The summed E-state index contributed by atoms with van der Waals surface area (Å²) in [5.41, 5.74) is 3.29. The molecule has 0 aliphatic rings. The van der Waals surface area contributed by atoms with Gasteiger partial charge in [-0.1, -0.05) is 38.1 Å². The van der Waals surface area contributed by atoms with E-state index < -0.39 is 33.9 Å². The van der Waals surface area contributed by atoms with Crippen molar-refractivity contribution in [3.8, 4) is 16.9 Å². The summed E-state index contributed by atoms with van der Waals surface area (Å²) >= 11 is 3.45. The Labute approximate surface area is 234 Å². The third kappa shape index (κ3) is 5.85. The number of hydrogen-bond acceptors (Lipinski definition) is 6. The normalized spacial score (nSPS) is 12.5. The van der Waals surface area contributed by atoms with Crippen LogP contribution in [0.3, 0.4) is 0 Å². The molecule has 0 fully saturated rings. The van der Waals surface area contributed by atoms with Gasteiger partial charge in [-0.2, -0.15) is 4.72 Å². The number of aryl methyl sites for hydroxylation is 1. The fourth-order valence-electron chi connectivity index (χ4n) is 4.16. The molecular weight excluding hydrogens is 588 g/mol. The number of carboxylic acid groups (broad SMARTS) is 1. The lowest BCUT2D eigenvalue weighted by atomic mass is 10.1. The molecule has 3 N–H and O–H groups in total. The lowest BCUT2D eigenvalue weighted by Gasteiger charge is -2.18. The summed E-state index contributed by atoms with van der Waals surface area (Å²) in [6, 6.07) is 15.5. The van der Waals surface area contributed by atoms with Crippen LogP contribution in [0.4, 0.5) is 5.69 Å². The van der Waals surface area contributed by atoms with Crippen molar-refractivity contribution in [1.29, 1.82) is 0 Å². The molecular formula is C28H27BrN2O7S. The Hall–Kier alpha value is -3.67. The second kappa shape index (κ2) is 11.2. The van der Waals surface area contributed by atoms with Crippen molar-refractivity contribution >= 4 is 54.5 Å².